The summed E-state index contributed by atoms with van der Waals surface area (Å²) < 4.78 is 4.54. The Hall–Kier alpha value is -2.03. The minimum absolute atomic E-state index is 0.0881. The molecule has 2 atom stereocenters. The van der Waals surface area contributed by atoms with Crippen LogP contribution < -0.4 is 5.32 Å². The van der Waals surface area contributed by atoms with Crippen molar-refractivity contribution in [1.29, 1.82) is 0 Å². The van der Waals surface area contributed by atoms with Crippen molar-refractivity contribution >= 4 is 35.5 Å². The lowest BCUT2D eigenvalue weighted by molar-refractivity contribution is -0.152. The maximum atomic E-state index is 12.1. The van der Waals surface area contributed by atoms with E-state index in [2.05, 4.69) is 10.1 Å². The van der Waals surface area contributed by atoms with Gasteiger partial charge in [-0.25, -0.2) is 4.79 Å². The number of rotatable bonds is 6. The first-order valence-corrected chi connectivity index (χ1v) is 7.68. The quantitative estimate of drug-likeness (QED) is 0.398. The molecule has 0 spiro atoms. The Morgan fingerprint density at radius 2 is 1.91 bits per heavy atom. The molecule has 0 bridgehead atoms. The fourth-order valence-electron chi connectivity index (χ4n) is 2.02. The minimum Gasteiger partial charge on any atom is -0.477 e. The highest BCUT2D eigenvalue weighted by Gasteiger charge is 2.51. The fraction of sp³-hybridized carbons (Fsp3) is 0.538. The standard InChI is InChI=1S/C13H18N2O6S/c1-6(2)10(13(19)20)15-11(18)9(12(15)22-4)14-8(17)5-21-7(3)16/h9,12H,5H2,1-4H3,(H,14,17)(H,19,20)/t9-,12-/m0/s1. The second-order valence-electron chi connectivity index (χ2n) is 4.81. The predicted octanol–water partition coefficient (Wildman–Crippen LogP) is -0.0559. The van der Waals surface area contributed by atoms with Crippen LogP contribution in [0.15, 0.2) is 11.3 Å². The Bertz CT molecular complexity index is 541. The van der Waals surface area contributed by atoms with Gasteiger partial charge in [0.2, 0.25) is 0 Å². The number of likely N-dealkylation sites (tertiary alicyclic amines) is 1. The molecule has 0 aromatic heterocycles. The number of nitrogens with one attached hydrogen (secondary N) is 1. The first-order chi connectivity index (χ1) is 10.2. The van der Waals surface area contributed by atoms with Crippen molar-refractivity contribution in [3.05, 3.63) is 11.3 Å². The van der Waals surface area contributed by atoms with Gasteiger partial charge in [-0.1, -0.05) is 0 Å². The van der Waals surface area contributed by atoms with Crippen LogP contribution in [-0.4, -0.2) is 58.0 Å². The van der Waals surface area contributed by atoms with E-state index in [9.17, 15) is 24.3 Å². The van der Waals surface area contributed by atoms with Gasteiger partial charge in [-0.3, -0.25) is 19.3 Å². The third-order valence-electron chi connectivity index (χ3n) is 2.92. The Balaban J connectivity index is 2.81. The number of amides is 2. The number of carbonyl (C=O) groups is 4. The van der Waals surface area contributed by atoms with Crippen molar-refractivity contribution < 1.29 is 29.0 Å². The molecule has 1 fully saturated rings. The Morgan fingerprint density at radius 1 is 1.32 bits per heavy atom. The minimum atomic E-state index is -1.20. The van der Waals surface area contributed by atoms with E-state index in [0.29, 0.717) is 5.57 Å². The van der Waals surface area contributed by atoms with Gasteiger partial charge >= 0.3 is 11.9 Å². The maximum Gasteiger partial charge on any atom is 0.352 e. The average Bonchev–Trinajstić information content (AvgIpc) is 2.42. The second-order valence-corrected chi connectivity index (χ2v) is 5.77. The summed E-state index contributed by atoms with van der Waals surface area (Å²) in [4.78, 5) is 46.8. The molecule has 0 unspecified atom stereocenters. The topological polar surface area (TPSA) is 113 Å². The van der Waals surface area contributed by atoms with Crippen molar-refractivity contribution in [1.82, 2.24) is 10.2 Å². The first kappa shape index (κ1) is 18.0. The van der Waals surface area contributed by atoms with Gasteiger partial charge in [-0.05, 0) is 25.7 Å². The summed E-state index contributed by atoms with van der Waals surface area (Å²) in [6.45, 7) is 3.89. The molecule has 1 aliphatic rings. The number of β-lactam (4-membered cyclic amide) rings is 1. The lowest BCUT2D eigenvalue weighted by atomic mass is 10.0. The van der Waals surface area contributed by atoms with Crippen LogP contribution in [-0.2, 0) is 23.9 Å². The number of carboxylic acid groups (broad SMARTS) is 1. The van der Waals surface area contributed by atoms with E-state index in [0.717, 1.165) is 4.90 Å². The molecular weight excluding hydrogens is 312 g/mol. The SMILES string of the molecule is CS[C@H]1[C@@H](NC(=O)COC(C)=O)C(=O)N1C(C(=O)O)=C(C)C. The molecule has 2 N–H and O–H groups in total. The van der Waals surface area contributed by atoms with Crippen molar-refractivity contribution in [2.45, 2.75) is 32.2 Å². The zero-order chi connectivity index (χ0) is 17.0. The first-order valence-electron chi connectivity index (χ1n) is 6.40. The fourth-order valence-corrected chi connectivity index (χ4v) is 2.89. The number of thioether (sulfide) groups is 1. The maximum absolute atomic E-state index is 12.1. The van der Waals surface area contributed by atoms with E-state index in [1.54, 1.807) is 20.1 Å². The van der Waals surface area contributed by atoms with Gasteiger partial charge in [-0.15, -0.1) is 11.8 Å². The predicted molar refractivity (Wildman–Crippen MR) is 78.7 cm³/mol. The van der Waals surface area contributed by atoms with E-state index < -0.39 is 41.8 Å². The number of carbonyl (C=O) groups excluding carboxylic acids is 3. The average molecular weight is 330 g/mol. The largest absolute Gasteiger partial charge is 0.477 e. The van der Waals surface area contributed by atoms with Gasteiger partial charge in [-0.2, -0.15) is 0 Å². The zero-order valence-electron chi connectivity index (χ0n) is 12.7. The second kappa shape index (κ2) is 7.30. The van der Waals surface area contributed by atoms with Crippen molar-refractivity contribution in [2.75, 3.05) is 12.9 Å². The van der Waals surface area contributed by atoms with Crippen molar-refractivity contribution in [3.8, 4) is 0 Å². The smallest absolute Gasteiger partial charge is 0.352 e. The van der Waals surface area contributed by atoms with E-state index in [4.69, 9.17) is 0 Å². The van der Waals surface area contributed by atoms with Gasteiger partial charge in [0.15, 0.2) is 6.61 Å². The summed E-state index contributed by atoms with van der Waals surface area (Å²) in [6.07, 6.45) is 1.71. The lowest BCUT2D eigenvalue weighted by Crippen LogP contribution is -2.69. The molecular formula is C13H18N2O6S. The molecule has 122 valence electrons. The van der Waals surface area contributed by atoms with Gasteiger partial charge in [0, 0.05) is 6.92 Å². The number of esters is 1. The summed E-state index contributed by atoms with van der Waals surface area (Å²) in [5.74, 6) is -2.91. The Kier molecular flexibility index (Phi) is 5.98. The highest BCUT2D eigenvalue weighted by atomic mass is 32.2. The number of aliphatic carboxylic acids is 1. The Morgan fingerprint density at radius 3 is 2.32 bits per heavy atom. The van der Waals surface area contributed by atoms with Crippen LogP contribution in [0.5, 0.6) is 0 Å². The van der Waals surface area contributed by atoms with Gasteiger partial charge in [0.1, 0.15) is 17.1 Å². The number of nitrogens with zero attached hydrogens (tertiary/aromatic N) is 1. The lowest BCUT2D eigenvalue weighted by Gasteiger charge is -2.46. The normalized spacial score (nSPS) is 20.0. The zero-order valence-corrected chi connectivity index (χ0v) is 13.5. The Labute approximate surface area is 131 Å². The van der Waals surface area contributed by atoms with Gasteiger partial charge in [0.25, 0.3) is 11.8 Å². The molecule has 9 heteroatoms. The molecule has 2 amide bonds. The van der Waals surface area contributed by atoms with Gasteiger partial charge in [0.05, 0.1) is 0 Å². The summed E-state index contributed by atoms with van der Waals surface area (Å²) in [6, 6.07) is -0.841. The third kappa shape index (κ3) is 3.79. The molecule has 22 heavy (non-hydrogen) atoms. The highest BCUT2D eigenvalue weighted by molar-refractivity contribution is 7.99. The van der Waals surface area contributed by atoms with Gasteiger partial charge < -0.3 is 15.2 Å². The molecule has 1 saturated heterocycles. The van der Waals surface area contributed by atoms with Crippen LogP contribution in [0.25, 0.3) is 0 Å². The number of carboxylic acids is 1. The number of hydrogen-bond acceptors (Lipinski definition) is 6. The van der Waals surface area contributed by atoms with Crippen molar-refractivity contribution in [2.24, 2.45) is 0 Å². The molecule has 8 nitrogen and oxygen atoms in total. The number of ether oxygens (including phenoxy) is 1. The molecule has 0 aromatic carbocycles. The van der Waals surface area contributed by atoms with Crippen LogP contribution in [0.3, 0.4) is 0 Å². The van der Waals surface area contributed by atoms with Crippen LogP contribution in [0.2, 0.25) is 0 Å². The van der Waals surface area contributed by atoms with Crippen molar-refractivity contribution in [3.63, 3.8) is 0 Å². The molecule has 0 aliphatic carbocycles. The monoisotopic (exact) mass is 330 g/mol. The van der Waals surface area contributed by atoms with E-state index >= 15 is 0 Å². The third-order valence-corrected chi connectivity index (χ3v) is 3.89. The number of hydrogen-bond donors (Lipinski definition) is 2. The van der Waals surface area contributed by atoms with Crippen LogP contribution in [0.1, 0.15) is 20.8 Å². The highest BCUT2D eigenvalue weighted by Crippen LogP contribution is 2.33. The molecule has 1 rings (SSSR count). The molecule has 0 aromatic rings. The van der Waals surface area contributed by atoms with E-state index in [-0.39, 0.29) is 5.70 Å². The molecule has 1 heterocycles. The number of allylic oxidation sites excluding steroid dienone is 1. The van der Waals surface area contributed by atoms with E-state index in [1.165, 1.54) is 18.7 Å². The van der Waals surface area contributed by atoms with Crippen LogP contribution in [0, 0.1) is 0 Å². The molecule has 0 saturated carbocycles. The van der Waals surface area contributed by atoms with E-state index in [1.807, 2.05) is 0 Å². The molecule has 0 radical (unpaired) electrons. The van der Waals surface area contributed by atoms with Crippen LogP contribution >= 0.6 is 11.8 Å². The summed E-state index contributed by atoms with van der Waals surface area (Å²) in [5.41, 5.74) is 0.402. The molecule has 1 aliphatic heterocycles. The summed E-state index contributed by atoms with van der Waals surface area (Å²) in [7, 11) is 0. The van der Waals surface area contributed by atoms with Crippen LogP contribution in [0.4, 0.5) is 0 Å². The summed E-state index contributed by atoms with van der Waals surface area (Å²) >= 11 is 1.25. The summed E-state index contributed by atoms with van der Waals surface area (Å²) in [5, 5.41) is 11.1.